The third-order valence-electron chi connectivity index (χ3n) is 2.66. The Balaban J connectivity index is 2.34. The molecule has 2 heteroatoms. The van der Waals surface area contributed by atoms with Crippen molar-refractivity contribution in [3.05, 3.63) is 29.3 Å². The molecule has 1 fully saturated rings. The Kier molecular flexibility index (Phi) is 2.76. The third-order valence-corrected chi connectivity index (χ3v) is 2.66. The van der Waals surface area contributed by atoms with E-state index >= 15 is 0 Å². The molecule has 2 nitrogen and oxygen atoms in total. The minimum absolute atomic E-state index is 0.339. The van der Waals surface area contributed by atoms with E-state index in [9.17, 15) is 4.79 Å². The lowest BCUT2D eigenvalue weighted by molar-refractivity contribution is 0.111. The molecule has 0 aromatic heterocycles. The molecular weight excluding hydrogens is 188 g/mol. The Hall–Kier alpha value is -1.31. The van der Waals surface area contributed by atoms with Crippen LogP contribution in [0.5, 0.6) is 5.75 Å². The van der Waals surface area contributed by atoms with Crippen LogP contribution in [0.25, 0.3) is 0 Å². The number of carbonyl (C=O) groups is 1. The first-order valence-electron chi connectivity index (χ1n) is 5.47. The third kappa shape index (κ3) is 2.20. The monoisotopic (exact) mass is 204 g/mol. The lowest BCUT2D eigenvalue weighted by atomic mass is 9.97. The number of benzene rings is 1. The molecule has 0 radical (unpaired) electrons. The molecule has 1 aromatic carbocycles. The first-order valence-corrected chi connectivity index (χ1v) is 5.47. The summed E-state index contributed by atoms with van der Waals surface area (Å²) in [6.45, 7) is 4.17. The van der Waals surface area contributed by atoms with E-state index in [1.54, 1.807) is 0 Å². The van der Waals surface area contributed by atoms with E-state index in [4.69, 9.17) is 4.74 Å². The second-order valence-electron chi connectivity index (χ2n) is 4.35. The van der Waals surface area contributed by atoms with Crippen LogP contribution < -0.4 is 4.74 Å². The van der Waals surface area contributed by atoms with Gasteiger partial charge in [0.15, 0.2) is 6.29 Å². The van der Waals surface area contributed by atoms with Crippen LogP contribution in [0.3, 0.4) is 0 Å². The second-order valence-corrected chi connectivity index (χ2v) is 4.35. The van der Waals surface area contributed by atoms with E-state index in [1.165, 1.54) is 0 Å². The predicted octanol–water partition coefficient (Wildman–Crippen LogP) is 3.16. The highest BCUT2D eigenvalue weighted by Crippen LogP contribution is 2.31. The Morgan fingerprint density at radius 1 is 1.40 bits per heavy atom. The zero-order valence-corrected chi connectivity index (χ0v) is 9.19. The number of aldehydes is 1. The molecule has 0 spiro atoms. The van der Waals surface area contributed by atoms with E-state index in [0.717, 1.165) is 36.0 Å². The topological polar surface area (TPSA) is 26.3 Å². The number of hydrogen-bond donors (Lipinski definition) is 0. The van der Waals surface area contributed by atoms with Crippen LogP contribution >= 0.6 is 0 Å². The van der Waals surface area contributed by atoms with Crippen molar-refractivity contribution >= 4 is 6.29 Å². The van der Waals surface area contributed by atoms with Crippen LogP contribution in [0.4, 0.5) is 0 Å². The van der Waals surface area contributed by atoms with Crippen molar-refractivity contribution in [1.29, 1.82) is 0 Å². The van der Waals surface area contributed by atoms with Gasteiger partial charge in [-0.1, -0.05) is 26.0 Å². The first-order chi connectivity index (χ1) is 7.22. The summed E-state index contributed by atoms with van der Waals surface area (Å²) in [4.78, 5) is 11.1. The molecule has 1 saturated carbocycles. The Bertz CT molecular complexity index is 365. The van der Waals surface area contributed by atoms with Crippen LogP contribution in [0.15, 0.2) is 18.2 Å². The minimum Gasteiger partial charge on any atom is -0.490 e. The SMILES string of the molecule is CC(C)c1cccc(OC2CC2)c1C=O. The largest absolute Gasteiger partial charge is 0.490 e. The molecule has 0 N–H and O–H groups in total. The van der Waals surface area contributed by atoms with E-state index in [1.807, 2.05) is 18.2 Å². The molecule has 0 bridgehead atoms. The van der Waals surface area contributed by atoms with Gasteiger partial charge in [0, 0.05) is 0 Å². The molecule has 1 aromatic rings. The quantitative estimate of drug-likeness (QED) is 0.704. The molecule has 2 rings (SSSR count). The fourth-order valence-electron chi connectivity index (χ4n) is 1.66. The minimum atomic E-state index is 0.339. The van der Waals surface area contributed by atoms with Crippen LogP contribution in [-0.2, 0) is 0 Å². The van der Waals surface area contributed by atoms with Gasteiger partial charge in [0.05, 0.1) is 11.7 Å². The molecule has 0 amide bonds. The van der Waals surface area contributed by atoms with Crippen molar-refractivity contribution in [2.45, 2.75) is 38.7 Å². The smallest absolute Gasteiger partial charge is 0.154 e. The van der Waals surface area contributed by atoms with Gasteiger partial charge < -0.3 is 4.74 Å². The highest BCUT2D eigenvalue weighted by molar-refractivity contribution is 5.82. The van der Waals surface area contributed by atoms with E-state index in [-0.39, 0.29) is 0 Å². The fraction of sp³-hybridized carbons (Fsp3) is 0.462. The average Bonchev–Trinajstić information content (AvgIpc) is 3.01. The summed E-state index contributed by atoms with van der Waals surface area (Å²) in [6.07, 6.45) is 3.48. The first kappa shape index (κ1) is 10.2. The van der Waals surface area contributed by atoms with E-state index in [0.29, 0.717) is 12.0 Å². The van der Waals surface area contributed by atoms with Crippen molar-refractivity contribution in [2.24, 2.45) is 0 Å². The number of carbonyl (C=O) groups excluding carboxylic acids is 1. The zero-order valence-electron chi connectivity index (χ0n) is 9.19. The Morgan fingerprint density at radius 3 is 2.67 bits per heavy atom. The maximum absolute atomic E-state index is 11.1. The van der Waals surface area contributed by atoms with Gasteiger partial charge in [-0.15, -0.1) is 0 Å². The molecule has 0 heterocycles. The molecular formula is C13H16O2. The number of ether oxygens (including phenoxy) is 1. The molecule has 1 aliphatic carbocycles. The molecule has 0 unspecified atom stereocenters. The van der Waals surface area contributed by atoms with Gasteiger partial charge in [0.25, 0.3) is 0 Å². The summed E-state index contributed by atoms with van der Waals surface area (Å²) in [5.41, 5.74) is 1.79. The summed E-state index contributed by atoms with van der Waals surface area (Å²) in [5.74, 6) is 1.10. The van der Waals surface area contributed by atoms with Gasteiger partial charge >= 0.3 is 0 Å². The van der Waals surface area contributed by atoms with E-state index in [2.05, 4.69) is 13.8 Å². The number of rotatable bonds is 4. The van der Waals surface area contributed by atoms with Gasteiger partial charge in [-0.3, -0.25) is 4.79 Å². The van der Waals surface area contributed by atoms with E-state index < -0.39 is 0 Å². The van der Waals surface area contributed by atoms with Crippen LogP contribution in [0.2, 0.25) is 0 Å². The zero-order chi connectivity index (χ0) is 10.8. The molecule has 0 atom stereocenters. The van der Waals surface area contributed by atoms with Gasteiger partial charge in [0.2, 0.25) is 0 Å². The molecule has 80 valence electrons. The number of hydrogen-bond acceptors (Lipinski definition) is 2. The lowest BCUT2D eigenvalue weighted by Crippen LogP contribution is -2.03. The maximum Gasteiger partial charge on any atom is 0.154 e. The van der Waals surface area contributed by atoms with Crippen LogP contribution in [-0.4, -0.2) is 12.4 Å². The molecule has 1 aliphatic rings. The van der Waals surface area contributed by atoms with Gasteiger partial charge in [-0.05, 0) is 30.4 Å². The van der Waals surface area contributed by atoms with Crippen molar-refractivity contribution in [3.8, 4) is 5.75 Å². The predicted molar refractivity (Wildman–Crippen MR) is 59.6 cm³/mol. The molecule has 0 saturated heterocycles. The highest BCUT2D eigenvalue weighted by Gasteiger charge is 2.25. The van der Waals surface area contributed by atoms with Crippen LogP contribution in [0, 0.1) is 0 Å². The lowest BCUT2D eigenvalue weighted by Gasteiger charge is -2.13. The van der Waals surface area contributed by atoms with Crippen LogP contribution in [0.1, 0.15) is 48.5 Å². The summed E-state index contributed by atoms with van der Waals surface area (Å²) >= 11 is 0. The Morgan fingerprint density at radius 2 is 2.13 bits per heavy atom. The molecule has 15 heavy (non-hydrogen) atoms. The van der Waals surface area contributed by atoms with Gasteiger partial charge in [0.1, 0.15) is 5.75 Å². The average molecular weight is 204 g/mol. The summed E-state index contributed by atoms with van der Waals surface area (Å²) in [6, 6.07) is 5.84. The Labute approximate surface area is 90.3 Å². The van der Waals surface area contributed by atoms with Crippen molar-refractivity contribution in [2.75, 3.05) is 0 Å². The van der Waals surface area contributed by atoms with Gasteiger partial charge in [-0.25, -0.2) is 0 Å². The van der Waals surface area contributed by atoms with Crippen molar-refractivity contribution < 1.29 is 9.53 Å². The summed E-state index contributed by atoms with van der Waals surface area (Å²) < 4.78 is 5.71. The van der Waals surface area contributed by atoms with Crippen molar-refractivity contribution in [3.63, 3.8) is 0 Å². The fourth-order valence-corrected chi connectivity index (χ4v) is 1.66. The second kappa shape index (κ2) is 4.05. The standard InChI is InChI=1S/C13H16O2/c1-9(2)11-4-3-5-13(12(11)8-14)15-10-6-7-10/h3-5,8-10H,6-7H2,1-2H3. The normalized spacial score (nSPS) is 15.4. The highest BCUT2D eigenvalue weighted by atomic mass is 16.5. The molecule has 0 aliphatic heterocycles. The van der Waals surface area contributed by atoms with Crippen molar-refractivity contribution in [1.82, 2.24) is 0 Å². The summed E-state index contributed by atoms with van der Waals surface area (Å²) in [5, 5.41) is 0. The van der Waals surface area contributed by atoms with Gasteiger partial charge in [-0.2, -0.15) is 0 Å². The maximum atomic E-state index is 11.1. The summed E-state index contributed by atoms with van der Waals surface area (Å²) in [7, 11) is 0.